The summed E-state index contributed by atoms with van der Waals surface area (Å²) in [7, 11) is 0. The summed E-state index contributed by atoms with van der Waals surface area (Å²) in [5.74, 6) is 2.37. The quantitative estimate of drug-likeness (QED) is 0.156. The highest BCUT2D eigenvalue weighted by Gasteiger charge is 2.48. The molecule has 8 aromatic carbocycles. The van der Waals surface area contributed by atoms with Crippen molar-refractivity contribution in [2.45, 2.75) is 64.7 Å². The van der Waals surface area contributed by atoms with Crippen LogP contribution in [0.4, 0.5) is 0 Å². The lowest BCUT2D eigenvalue weighted by atomic mass is 9.60. The second-order valence-corrected chi connectivity index (χ2v) is 21.9. The molecule has 6 nitrogen and oxygen atoms in total. The highest BCUT2D eigenvalue weighted by atomic mass is 16.5. The fourth-order valence-electron chi connectivity index (χ4n) is 12.0. The molecule has 14 rings (SSSR count). The molecule has 0 fully saturated rings. The van der Waals surface area contributed by atoms with Gasteiger partial charge in [0.1, 0.15) is 23.0 Å². The number of aromatic nitrogens is 5. The molecule has 6 heterocycles. The van der Waals surface area contributed by atoms with E-state index in [1.165, 1.54) is 55.1 Å². The Morgan fingerprint density at radius 3 is 1.82 bits per heavy atom. The van der Waals surface area contributed by atoms with E-state index in [-0.39, 0.29) is 16.2 Å². The minimum Gasteiger partial charge on any atom is -0.457 e. The summed E-state index contributed by atoms with van der Waals surface area (Å²) >= 11 is 0. The summed E-state index contributed by atoms with van der Waals surface area (Å²) in [6.45, 7) is 16.3. The molecule has 0 radical (unpaired) electrons. The van der Waals surface area contributed by atoms with Gasteiger partial charge in [-0.3, -0.25) is 8.97 Å². The van der Waals surface area contributed by atoms with Crippen molar-refractivity contribution in [1.29, 1.82) is 0 Å². The number of pyridine rings is 2. The topological polar surface area (TPSA) is 49.3 Å². The number of rotatable bonds is 6. The summed E-state index contributed by atoms with van der Waals surface area (Å²) in [6, 6.07) is 68.0. The van der Waals surface area contributed by atoms with Gasteiger partial charge in [0.2, 0.25) is 0 Å². The summed E-state index contributed by atoms with van der Waals surface area (Å²) < 4.78 is 14.1. The van der Waals surface area contributed by atoms with Crippen molar-refractivity contribution < 1.29 is 4.74 Å². The SMILES string of the molecule is CC(C)(C)c1ccnc(-n2c3ccc(-c4ccc5c(c4)c4ccccc4n5-c4ccccc4)cc3c3ccc(Oc4ccc5c(c4)c4nc(-c6ccccc6)c6n4c4c(cccc54)C(C)(C)C6(C)C)cc32)c1. The van der Waals surface area contributed by atoms with E-state index in [1.54, 1.807) is 0 Å². The fourth-order valence-corrected chi connectivity index (χ4v) is 12.0. The number of imidazole rings is 1. The highest BCUT2D eigenvalue weighted by molar-refractivity contribution is 6.15. The van der Waals surface area contributed by atoms with Gasteiger partial charge < -0.3 is 9.30 Å². The Bertz CT molecular complexity index is 4390. The zero-order valence-electron chi connectivity index (χ0n) is 41.6. The number of fused-ring (bicyclic) bond motifs is 9. The van der Waals surface area contributed by atoms with E-state index in [0.29, 0.717) is 0 Å². The number of hydrogen-bond acceptors (Lipinski definition) is 3. The number of ether oxygens (including phenoxy) is 1. The van der Waals surface area contributed by atoms with Crippen molar-refractivity contribution in [3.63, 3.8) is 0 Å². The van der Waals surface area contributed by atoms with Crippen LogP contribution in [-0.4, -0.2) is 23.5 Å². The normalized spacial score (nSPS) is 14.3. The molecule has 6 heteroatoms. The first-order chi connectivity index (χ1) is 34.8. The maximum Gasteiger partial charge on any atom is 0.146 e. The van der Waals surface area contributed by atoms with Crippen LogP contribution >= 0.6 is 0 Å². The number of para-hydroxylation sites is 3. The van der Waals surface area contributed by atoms with Gasteiger partial charge in [0.05, 0.1) is 39.0 Å². The van der Waals surface area contributed by atoms with Gasteiger partial charge in [-0.15, -0.1) is 0 Å². The third-order valence-electron chi connectivity index (χ3n) is 16.4. The minimum absolute atomic E-state index is 0.0589. The number of hydrogen-bond donors (Lipinski definition) is 0. The van der Waals surface area contributed by atoms with E-state index in [4.69, 9.17) is 14.7 Å². The largest absolute Gasteiger partial charge is 0.457 e. The molecule has 0 bridgehead atoms. The third kappa shape index (κ3) is 6.02. The monoisotopic (exact) mass is 931 g/mol. The second-order valence-electron chi connectivity index (χ2n) is 21.9. The molecule has 348 valence electrons. The number of benzene rings is 8. The molecule has 72 heavy (non-hydrogen) atoms. The van der Waals surface area contributed by atoms with Gasteiger partial charge in [-0.25, -0.2) is 9.97 Å². The first-order valence-corrected chi connectivity index (χ1v) is 25.1. The van der Waals surface area contributed by atoms with Crippen LogP contribution in [0.2, 0.25) is 0 Å². The van der Waals surface area contributed by atoms with E-state index >= 15 is 0 Å². The van der Waals surface area contributed by atoms with Crippen LogP contribution in [-0.2, 0) is 16.2 Å². The van der Waals surface area contributed by atoms with E-state index < -0.39 is 0 Å². The van der Waals surface area contributed by atoms with Crippen LogP contribution < -0.4 is 4.74 Å². The molecule has 0 saturated heterocycles. The average Bonchev–Trinajstić information content (AvgIpc) is 4.07. The van der Waals surface area contributed by atoms with Gasteiger partial charge in [0.25, 0.3) is 0 Å². The lowest BCUT2D eigenvalue weighted by molar-refractivity contribution is 0.289. The molecule has 1 aliphatic heterocycles. The van der Waals surface area contributed by atoms with Gasteiger partial charge >= 0.3 is 0 Å². The predicted octanol–water partition coefficient (Wildman–Crippen LogP) is 17.2. The molecule has 1 aliphatic rings. The van der Waals surface area contributed by atoms with Crippen molar-refractivity contribution in [2.75, 3.05) is 0 Å². The molecule has 0 aliphatic carbocycles. The Morgan fingerprint density at radius 1 is 0.458 bits per heavy atom. The summed E-state index contributed by atoms with van der Waals surface area (Å²) in [6.07, 6.45) is 1.94. The molecular weight excluding hydrogens is 879 g/mol. The molecule has 0 spiro atoms. The van der Waals surface area contributed by atoms with Gasteiger partial charge in [-0.2, -0.15) is 0 Å². The standard InChI is InChI=1S/C66H53N5O/c1-64(2,3)43-33-34-67-59(37-43)70-57-32-26-42(41-25-31-56-51(35-41)48-21-14-15-24-55(48)69(56)44-19-12-9-13-20-44)36-52(57)49-30-28-46(39-58(49)70)72-45-27-29-47-50-22-16-23-54-61(50)71-62(66(6,7)65(54,4)5)60(40-17-10-8-11-18-40)68-63(71)53(47)38-45/h8-39H,1-7H3. The van der Waals surface area contributed by atoms with Crippen molar-refractivity contribution in [2.24, 2.45) is 0 Å². The third-order valence-corrected chi connectivity index (χ3v) is 16.4. The summed E-state index contributed by atoms with van der Waals surface area (Å²) in [5.41, 5.74) is 15.7. The fraction of sp³-hybridized carbons (Fsp3) is 0.152. The van der Waals surface area contributed by atoms with Gasteiger partial charge in [-0.05, 0) is 118 Å². The Balaban J connectivity index is 0.933. The van der Waals surface area contributed by atoms with Crippen LogP contribution in [0, 0.1) is 0 Å². The second kappa shape index (κ2) is 15.0. The van der Waals surface area contributed by atoms with Crippen LogP contribution in [0.1, 0.15) is 65.3 Å². The van der Waals surface area contributed by atoms with Crippen LogP contribution in [0.25, 0.3) is 105 Å². The van der Waals surface area contributed by atoms with Crippen molar-refractivity contribution >= 4 is 70.9 Å². The molecule has 0 N–H and O–H groups in total. The molecule has 0 amide bonds. The first-order valence-electron chi connectivity index (χ1n) is 25.1. The van der Waals surface area contributed by atoms with Crippen LogP contribution in [0.3, 0.4) is 0 Å². The zero-order chi connectivity index (χ0) is 48.8. The van der Waals surface area contributed by atoms with E-state index in [0.717, 1.165) is 78.1 Å². The molecular formula is C66H53N5O. The first kappa shape index (κ1) is 42.4. The molecule has 0 saturated carbocycles. The Morgan fingerprint density at radius 2 is 1.08 bits per heavy atom. The van der Waals surface area contributed by atoms with Crippen molar-refractivity contribution in [1.82, 2.24) is 23.5 Å². The number of nitrogens with zero attached hydrogens (tertiary/aromatic N) is 5. The van der Waals surface area contributed by atoms with Gasteiger partial charge in [-0.1, -0.05) is 146 Å². The van der Waals surface area contributed by atoms with E-state index in [9.17, 15) is 0 Å². The van der Waals surface area contributed by atoms with Gasteiger partial charge in [0, 0.05) is 66.7 Å². The predicted molar refractivity (Wildman–Crippen MR) is 299 cm³/mol. The Labute approximate surface area is 418 Å². The van der Waals surface area contributed by atoms with E-state index in [2.05, 4.69) is 250 Å². The molecule has 13 aromatic rings. The molecule has 0 atom stereocenters. The van der Waals surface area contributed by atoms with Crippen LogP contribution in [0.15, 0.2) is 194 Å². The lowest BCUT2D eigenvalue weighted by Crippen LogP contribution is -2.44. The Hall–Kier alpha value is -8.48. The molecule has 0 unspecified atom stereocenters. The zero-order valence-corrected chi connectivity index (χ0v) is 41.6. The average molecular weight is 932 g/mol. The van der Waals surface area contributed by atoms with Crippen molar-refractivity contribution in [3.05, 3.63) is 211 Å². The highest BCUT2D eigenvalue weighted by Crippen LogP contribution is 2.54. The molecule has 5 aromatic heterocycles. The maximum atomic E-state index is 6.98. The van der Waals surface area contributed by atoms with Crippen LogP contribution in [0.5, 0.6) is 11.5 Å². The maximum absolute atomic E-state index is 6.98. The minimum atomic E-state index is -0.228. The van der Waals surface area contributed by atoms with Crippen molar-refractivity contribution in [3.8, 4) is 45.4 Å². The van der Waals surface area contributed by atoms with E-state index in [1.807, 2.05) is 6.20 Å². The Kier molecular flexibility index (Phi) is 8.84. The summed E-state index contributed by atoms with van der Waals surface area (Å²) in [5, 5.41) is 8.19. The lowest BCUT2D eigenvalue weighted by Gasteiger charge is -2.46. The summed E-state index contributed by atoms with van der Waals surface area (Å²) in [4.78, 5) is 10.6. The van der Waals surface area contributed by atoms with Gasteiger partial charge in [0.15, 0.2) is 0 Å². The smallest absolute Gasteiger partial charge is 0.146 e.